The summed E-state index contributed by atoms with van der Waals surface area (Å²) in [5, 5.41) is 3.27. The van der Waals surface area contributed by atoms with Gasteiger partial charge in [0, 0.05) is 26.2 Å². The molecule has 0 aromatic carbocycles. The van der Waals surface area contributed by atoms with E-state index in [9.17, 15) is 4.79 Å². The molecule has 18 heavy (non-hydrogen) atoms. The monoisotopic (exact) mass is 255 g/mol. The number of hydrogen-bond acceptors (Lipinski definition) is 3. The molecular weight excluding hydrogens is 230 g/mol. The predicted molar refractivity (Wildman–Crippen MR) is 72.6 cm³/mol. The molecule has 0 aromatic rings. The molecule has 0 spiro atoms. The molecule has 1 atom stereocenters. The summed E-state index contributed by atoms with van der Waals surface area (Å²) >= 11 is 0. The fourth-order valence-corrected chi connectivity index (χ4v) is 2.20. The van der Waals surface area contributed by atoms with Crippen molar-refractivity contribution in [1.82, 2.24) is 10.2 Å². The molecule has 0 amide bonds. The van der Waals surface area contributed by atoms with Crippen LogP contribution in [0.5, 0.6) is 0 Å². The minimum Gasteiger partial charge on any atom is -0.466 e. The molecule has 1 heterocycles. The van der Waals surface area contributed by atoms with Crippen LogP contribution in [0.25, 0.3) is 0 Å². The number of piperidine rings is 1. The lowest BCUT2D eigenvalue weighted by molar-refractivity contribution is -0.149. The van der Waals surface area contributed by atoms with Crippen LogP contribution in [-0.2, 0) is 9.53 Å². The maximum Gasteiger partial charge on any atom is 0.310 e. The summed E-state index contributed by atoms with van der Waals surface area (Å²) < 4.78 is 5.10. The van der Waals surface area contributed by atoms with Crippen LogP contribution < -0.4 is 5.32 Å². The van der Waals surface area contributed by atoms with E-state index < -0.39 is 0 Å². The highest BCUT2D eigenvalue weighted by molar-refractivity contribution is 5.81. The van der Waals surface area contributed by atoms with Gasteiger partial charge in [0.15, 0.2) is 5.96 Å². The van der Waals surface area contributed by atoms with Gasteiger partial charge in [-0.2, -0.15) is 0 Å². The minimum absolute atomic E-state index is 0.0144. The van der Waals surface area contributed by atoms with Crippen LogP contribution in [0.15, 0.2) is 4.99 Å². The maximum absolute atomic E-state index is 11.8. The van der Waals surface area contributed by atoms with Crippen LogP contribution in [0, 0.1) is 5.92 Å². The van der Waals surface area contributed by atoms with Gasteiger partial charge in [-0.05, 0) is 33.6 Å². The van der Waals surface area contributed by atoms with Crippen molar-refractivity contribution >= 4 is 11.9 Å². The van der Waals surface area contributed by atoms with Crippen LogP contribution in [0.3, 0.4) is 0 Å². The van der Waals surface area contributed by atoms with Gasteiger partial charge in [-0.3, -0.25) is 9.79 Å². The number of nitrogens with one attached hydrogen (secondary N) is 1. The number of likely N-dealkylation sites (tertiary alicyclic amines) is 1. The molecule has 0 aliphatic carbocycles. The third-order valence-corrected chi connectivity index (χ3v) is 2.98. The Bertz CT molecular complexity index is 292. The summed E-state index contributed by atoms with van der Waals surface area (Å²) in [6.45, 7) is 9.65. The van der Waals surface area contributed by atoms with Crippen molar-refractivity contribution in [2.24, 2.45) is 10.9 Å². The molecule has 0 aromatic heterocycles. The second kappa shape index (κ2) is 7.95. The summed E-state index contributed by atoms with van der Waals surface area (Å²) in [5.74, 6) is 0.822. The lowest BCUT2D eigenvalue weighted by atomic mass is 9.98. The zero-order valence-corrected chi connectivity index (χ0v) is 11.7. The van der Waals surface area contributed by atoms with Gasteiger partial charge in [-0.25, -0.2) is 0 Å². The highest BCUT2D eigenvalue weighted by Gasteiger charge is 2.28. The van der Waals surface area contributed by atoms with Crippen molar-refractivity contribution in [3.63, 3.8) is 0 Å². The highest BCUT2D eigenvalue weighted by Crippen LogP contribution is 2.18. The van der Waals surface area contributed by atoms with E-state index in [4.69, 9.17) is 4.74 Å². The lowest BCUT2D eigenvalue weighted by Crippen LogP contribution is -2.48. The molecule has 1 N–H and O–H groups in total. The van der Waals surface area contributed by atoms with Crippen LogP contribution in [0.2, 0.25) is 0 Å². The van der Waals surface area contributed by atoms with E-state index in [1.807, 2.05) is 13.8 Å². The second-order valence-electron chi connectivity index (χ2n) is 4.37. The lowest BCUT2D eigenvalue weighted by Gasteiger charge is -2.33. The summed E-state index contributed by atoms with van der Waals surface area (Å²) in [6, 6.07) is 0. The fraction of sp³-hybridized carbons (Fsp3) is 0.846. The topological polar surface area (TPSA) is 53.9 Å². The van der Waals surface area contributed by atoms with Crippen molar-refractivity contribution in [3.05, 3.63) is 0 Å². The van der Waals surface area contributed by atoms with Crippen LogP contribution in [0.4, 0.5) is 0 Å². The Morgan fingerprint density at radius 3 is 2.83 bits per heavy atom. The molecule has 5 heteroatoms. The number of aliphatic imine (C=N–C) groups is 1. The van der Waals surface area contributed by atoms with Gasteiger partial charge in [0.05, 0.1) is 12.5 Å². The van der Waals surface area contributed by atoms with E-state index in [0.717, 1.165) is 38.4 Å². The first-order valence-corrected chi connectivity index (χ1v) is 6.92. The first kappa shape index (κ1) is 14.8. The Balaban J connectivity index is 2.61. The third kappa shape index (κ3) is 4.20. The van der Waals surface area contributed by atoms with Gasteiger partial charge >= 0.3 is 5.97 Å². The molecule has 0 saturated carbocycles. The zero-order chi connectivity index (χ0) is 13.4. The van der Waals surface area contributed by atoms with E-state index >= 15 is 0 Å². The number of nitrogens with zero attached hydrogens (tertiary/aromatic N) is 2. The van der Waals surface area contributed by atoms with Crippen molar-refractivity contribution in [3.8, 4) is 0 Å². The zero-order valence-electron chi connectivity index (χ0n) is 11.7. The fourth-order valence-electron chi connectivity index (χ4n) is 2.20. The summed E-state index contributed by atoms with van der Waals surface area (Å²) in [4.78, 5) is 18.4. The maximum atomic E-state index is 11.8. The molecule has 1 aliphatic rings. The Labute approximate surface area is 110 Å². The molecule has 104 valence electrons. The van der Waals surface area contributed by atoms with Crippen molar-refractivity contribution in [1.29, 1.82) is 0 Å². The van der Waals surface area contributed by atoms with Crippen LogP contribution in [-0.4, -0.2) is 49.6 Å². The highest BCUT2D eigenvalue weighted by atomic mass is 16.5. The third-order valence-electron chi connectivity index (χ3n) is 2.98. The largest absolute Gasteiger partial charge is 0.466 e. The SMILES string of the molecule is CCN=C(NCC)N1CCCC(C(=O)OCC)C1. The van der Waals surface area contributed by atoms with Gasteiger partial charge in [0.2, 0.25) is 0 Å². The molecule has 1 unspecified atom stereocenters. The quantitative estimate of drug-likeness (QED) is 0.466. The molecule has 0 radical (unpaired) electrons. The standard InChI is InChI=1S/C13H25N3O2/c1-4-14-13(15-5-2)16-9-7-8-11(10-16)12(17)18-6-3/h11H,4-10H2,1-3H3,(H,14,15). The number of hydrogen-bond donors (Lipinski definition) is 1. The number of rotatable bonds is 4. The first-order valence-electron chi connectivity index (χ1n) is 6.92. The molecule has 1 saturated heterocycles. The van der Waals surface area contributed by atoms with Gasteiger partial charge in [0.25, 0.3) is 0 Å². The molecular formula is C13H25N3O2. The second-order valence-corrected chi connectivity index (χ2v) is 4.37. The van der Waals surface area contributed by atoms with Crippen molar-refractivity contribution < 1.29 is 9.53 Å². The first-order chi connectivity index (χ1) is 8.72. The van der Waals surface area contributed by atoms with Crippen molar-refractivity contribution in [2.75, 3.05) is 32.8 Å². The Kier molecular flexibility index (Phi) is 6.54. The molecule has 0 bridgehead atoms. The Morgan fingerprint density at radius 1 is 1.44 bits per heavy atom. The Morgan fingerprint density at radius 2 is 2.22 bits per heavy atom. The van der Waals surface area contributed by atoms with E-state index in [0.29, 0.717) is 13.2 Å². The van der Waals surface area contributed by atoms with Crippen LogP contribution in [0.1, 0.15) is 33.6 Å². The average molecular weight is 255 g/mol. The number of carbonyl (C=O) groups excluding carboxylic acids is 1. The van der Waals surface area contributed by atoms with Crippen LogP contribution >= 0.6 is 0 Å². The summed E-state index contributed by atoms with van der Waals surface area (Å²) in [6.07, 6.45) is 1.93. The summed E-state index contributed by atoms with van der Waals surface area (Å²) in [7, 11) is 0. The van der Waals surface area contributed by atoms with E-state index in [2.05, 4.69) is 22.1 Å². The van der Waals surface area contributed by atoms with E-state index in [1.165, 1.54) is 0 Å². The van der Waals surface area contributed by atoms with Gasteiger partial charge in [-0.15, -0.1) is 0 Å². The predicted octanol–water partition coefficient (Wildman–Crippen LogP) is 1.25. The molecule has 1 rings (SSSR count). The average Bonchev–Trinajstić information content (AvgIpc) is 2.39. The number of ether oxygens (including phenoxy) is 1. The van der Waals surface area contributed by atoms with Gasteiger partial charge in [-0.1, -0.05) is 0 Å². The normalized spacial score (nSPS) is 20.7. The molecule has 1 aliphatic heterocycles. The molecule has 1 fully saturated rings. The summed E-state index contributed by atoms with van der Waals surface area (Å²) in [5.41, 5.74) is 0. The number of carbonyl (C=O) groups is 1. The Hall–Kier alpha value is -1.26. The van der Waals surface area contributed by atoms with Gasteiger partial charge in [0.1, 0.15) is 0 Å². The number of esters is 1. The minimum atomic E-state index is -0.0745. The van der Waals surface area contributed by atoms with E-state index in [1.54, 1.807) is 0 Å². The smallest absolute Gasteiger partial charge is 0.310 e. The number of guanidine groups is 1. The van der Waals surface area contributed by atoms with Gasteiger partial charge < -0.3 is 15.0 Å². The van der Waals surface area contributed by atoms with E-state index in [-0.39, 0.29) is 11.9 Å². The molecule has 5 nitrogen and oxygen atoms in total. The van der Waals surface area contributed by atoms with Crippen molar-refractivity contribution in [2.45, 2.75) is 33.6 Å².